The number of carbonyl (C=O) groups is 1. The van der Waals surface area contributed by atoms with E-state index in [4.69, 9.17) is 5.73 Å². The molecule has 1 saturated heterocycles. The lowest BCUT2D eigenvalue weighted by molar-refractivity contribution is -0.133. The highest BCUT2D eigenvalue weighted by Gasteiger charge is 2.31. The number of sulfonamides is 1. The molecule has 0 spiro atoms. The molecule has 0 aromatic heterocycles. The van der Waals surface area contributed by atoms with Gasteiger partial charge in [0.25, 0.3) is 0 Å². The highest BCUT2D eigenvalue weighted by atomic mass is 32.2. The van der Waals surface area contributed by atoms with Crippen molar-refractivity contribution in [2.45, 2.75) is 30.7 Å². The maximum atomic E-state index is 12.9. The number of rotatable bonds is 5. The zero-order chi connectivity index (χ0) is 17.0. The van der Waals surface area contributed by atoms with Crippen LogP contribution in [0.1, 0.15) is 19.8 Å². The predicted molar refractivity (Wildman–Crippen MR) is 84.6 cm³/mol. The number of benzene rings is 1. The van der Waals surface area contributed by atoms with Gasteiger partial charge in [-0.05, 0) is 30.7 Å². The number of nitrogens with zero attached hydrogens (tertiary/aromatic N) is 2. The van der Waals surface area contributed by atoms with Crippen molar-refractivity contribution in [2.75, 3.05) is 26.2 Å². The molecule has 0 bridgehead atoms. The third-order valence-corrected chi connectivity index (χ3v) is 5.83. The molecule has 6 nitrogen and oxygen atoms in total. The van der Waals surface area contributed by atoms with Crippen molar-refractivity contribution < 1.29 is 17.6 Å². The Morgan fingerprint density at radius 1 is 1.22 bits per heavy atom. The Balaban J connectivity index is 2.01. The SMILES string of the molecule is CCCC(N)C(=O)N1CCN(S(=O)(=O)c2ccc(F)cc2)CC1. The van der Waals surface area contributed by atoms with Crippen LogP contribution in [0.15, 0.2) is 29.2 Å². The first-order chi connectivity index (χ1) is 10.9. The van der Waals surface area contributed by atoms with Crippen LogP contribution in [-0.4, -0.2) is 55.8 Å². The smallest absolute Gasteiger partial charge is 0.243 e. The van der Waals surface area contributed by atoms with E-state index >= 15 is 0 Å². The average molecular weight is 343 g/mol. The maximum absolute atomic E-state index is 12.9. The summed E-state index contributed by atoms with van der Waals surface area (Å²) in [5.74, 6) is -0.616. The van der Waals surface area contributed by atoms with Gasteiger partial charge in [0, 0.05) is 26.2 Å². The summed E-state index contributed by atoms with van der Waals surface area (Å²) in [6.07, 6.45) is 1.44. The lowest BCUT2D eigenvalue weighted by Crippen LogP contribution is -2.54. The monoisotopic (exact) mass is 343 g/mol. The minimum Gasteiger partial charge on any atom is -0.339 e. The molecule has 128 valence electrons. The summed E-state index contributed by atoms with van der Waals surface area (Å²) in [6.45, 7) is 3.02. The summed E-state index contributed by atoms with van der Waals surface area (Å²) < 4.78 is 39.2. The second-order valence-corrected chi connectivity index (χ2v) is 7.52. The second kappa shape index (κ2) is 7.37. The van der Waals surface area contributed by atoms with Crippen LogP contribution in [0.5, 0.6) is 0 Å². The molecule has 1 heterocycles. The van der Waals surface area contributed by atoms with Crippen LogP contribution in [0.3, 0.4) is 0 Å². The van der Waals surface area contributed by atoms with E-state index in [9.17, 15) is 17.6 Å². The molecule has 1 fully saturated rings. The number of hydrogen-bond acceptors (Lipinski definition) is 4. The first-order valence-electron chi connectivity index (χ1n) is 7.66. The van der Waals surface area contributed by atoms with Crippen molar-refractivity contribution >= 4 is 15.9 Å². The lowest BCUT2D eigenvalue weighted by Gasteiger charge is -2.35. The Hall–Kier alpha value is -1.51. The molecule has 1 unspecified atom stereocenters. The van der Waals surface area contributed by atoms with Crippen molar-refractivity contribution in [3.63, 3.8) is 0 Å². The quantitative estimate of drug-likeness (QED) is 0.857. The van der Waals surface area contributed by atoms with Crippen molar-refractivity contribution in [3.8, 4) is 0 Å². The molecule has 1 aromatic carbocycles. The van der Waals surface area contributed by atoms with Gasteiger partial charge >= 0.3 is 0 Å². The van der Waals surface area contributed by atoms with Crippen LogP contribution in [0.25, 0.3) is 0 Å². The minimum atomic E-state index is -3.66. The largest absolute Gasteiger partial charge is 0.339 e. The molecule has 1 aromatic rings. The van der Waals surface area contributed by atoms with Gasteiger partial charge < -0.3 is 10.6 Å². The van der Waals surface area contributed by atoms with Crippen molar-refractivity contribution in [1.29, 1.82) is 0 Å². The molecule has 0 radical (unpaired) electrons. The van der Waals surface area contributed by atoms with Crippen LogP contribution in [-0.2, 0) is 14.8 Å². The summed E-state index contributed by atoms with van der Waals surface area (Å²) in [6, 6.07) is 4.21. The van der Waals surface area contributed by atoms with Crippen LogP contribution in [0, 0.1) is 5.82 Å². The zero-order valence-corrected chi connectivity index (χ0v) is 13.9. The Morgan fingerprint density at radius 3 is 2.30 bits per heavy atom. The van der Waals surface area contributed by atoms with Crippen molar-refractivity contribution in [2.24, 2.45) is 5.73 Å². The topological polar surface area (TPSA) is 83.7 Å². The summed E-state index contributed by atoms with van der Waals surface area (Å²) >= 11 is 0. The Bertz CT molecular complexity index is 640. The van der Waals surface area contributed by atoms with Gasteiger partial charge in [-0.3, -0.25) is 4.79 Å². The summed E-state index contributed by atoms with van der Waals surface area (Å²) in [4.78, 5) is 13.8. The number of carbonyl (C=O) groups excluding carboxylic acids is 1. The first-order valence-corrected chi connectivity index (χ1v) is 9.10. The van der Waals surface area contributed by atoms with Crippen LogP contribution >= 0.6 is 0 Å². The molecule has 2 N–H and O–H groups in total. The molecule has 1 aliphatic rings. The summed E-state index contributed by atoms with van der Waals surface area (Å²) in [5.41, 5.74) is 5.83. The fraction of sp³-hybridized carbons (Fsp3) is 0.533. The number of halogens is 1. The van der Waals surface area contributed by atoms with Gasteiger partial charge in [0.05, 0.1) is 10.9 Å². The van der Waals surface area contributed by atoms with E-state index in [-0.39, 0.29) is 23.9 Å². The maximum Gasteiger partial charge on any atom is 0.243 e. The molecule has 23 heavy (non-hydrogen) atoms. The molecule has 8 heteroatoms. The number of amides is 1. The van der Waals surface area contributed by atoms with E-state index in [2.05, 4.69) is 0 Å². The highest BCUT2D eigenvalue weighted by Crippen LogP contribution is 2.18. The normalized spacial score (nSPS) is 18.0. The Kier molecular flexibility index (Phi) is 5.72. The van der Waals surface area contributed by atoms with E-state index in [1.165, 1.54) is 16.4 Å². The number of nitrogens with two attached hydrogens (primary N) is 1. The second-order valence-electron chi connectivity index (χ2n) is 5.58. The Labute approximate surface area is 136 Å². The van der Waals surface area contributed by atoms with Crippen molar-refractivity contribution in [3.05, 3.63) is 30.1 Å². The number of piperazine rings is 1. The molecule has 0 saturated carbocycles. The van der Waals surface area contributed by atoms with Gasteiger partial charge in [-0.2, -0.15) is 4.31 Å². The van der Waals surface area contributed by atoms with E-state index in [0.29, 0.717) is 19.5 Å². The fourth-order valence-corrected chi connectivity index (χ4v) is 4.00. The van der Waals surface area contributed by atoms with Gasteiger partial charge in [0.1, 0.15) is 5.82 Å². The van der Waals surface area contributed by atoms with E-state index in [0.717, 1.165) is 18.6 Å². The zero-order valence-electron chi connectivity index (χ0n) is 13.1. The van der Waals surface area contributed by atoms with Crippen LogP contribution in [0.4, 0.5) is 4.39 Å². The Morgan fingerprint density at radius 2 is 1.78 bits per heavy atom. The molecular formula is C15H22FN3O3S. The van der Waals surface area contributed by atoms with Gasteiger partial charge in [-0.25, -0.2) is 12.8 Å². The van der Waals surface area contributed by atoms with Crippen LogP contribution in [0.2, 0.25) is 0 Å². The van der Waals surface area contributed by atoms with Gasteiger partial charge in [-0.1, -0.05) is 13.3 Å². The molecular weight excluding hydrogens is 321 g/mol. The molecule has 1 amide bonds. The number of hydrogen-bond donors (Lipinski definition) is 1. The summed E-state index contributed by atoms with van der Waals surface area (Å²) in [5, 5.41) is 0. The molecule has 1 aliphatic heterocycles. The van der Waals surface area contributed by atoms with Crippen LogP contribution < -0.4 is 5.73 Å². The third-order valence-electron chi connectivity index (χ3n) is 3.92. The first kappa shape index (κ1) is 17.8. The third kappa shape index (κ3) is 4.07. The van der Waals surface area contributed by atoms with Crippen molar-refractivity contribution in [1.82, 2.24) is 9.21 Å². The van der Waals surface area contributed by atoms with E-state index in [1.54, 1.807) is 4.90 Å². The molecule has 0 aliphatic carbocycles. The minimum absolute atomic E-state index is 0.0568. The standard InChI is InChI=1S/C15H22FN3O3S/c1-2-3-14(17)15(20)18-8-10-19(11-9-18)23(21,22)13-6-4-12(16)5-7-13/h4-7,14H,2-3,8-11,17H2,1H3. The molecule has 2 rings (SSSR count). The fourth-order valence-electron chi connectivity index (χ4n) is 2.57. The predicted octanol–water partition coefficient (Wildman–Crippen LogP) is 0.786. The van der Waals surface area contributed by atoms with Gasteiger partial charge in [0.2, 0.25) is 15.9 Å². The summed E-state index contributed by atoms with van der Waals surface area (Å²) in [7, 11) is -3.66. The average Bonchev–Trinajstić information content (AvgIpc) is 2.55. The van der Waals surface area contributed by atoms with E-state index < -0.39 is 21.9 Å². The van der Waals surface area contributed by atoms with E-state index in [1.807, 2.05) is 6.92 Å². The lowest BCUT2D eigenvalue weighted by atomic mass is 10.1. The highest BCUT2D eigenvalue weighted by molar-refractivity contribution is 7.89. The van der Waals surface area contributed by atoms with Gasteiger partial charge in [0.15, 0.2) is 0 Å². The van der Waals surface area contributed by atoms with Gasteiger partial charge in [-0.15, -0.1) is 0 Å². The molecule has 1 atom stereocenters.